The number of rotatable bonds is 8. The molecule has 1 atom stereocenters. The van der Waals surface area contributed by atoms with Gasteiger partial charge in [-0.15, -0.1) is 0 Å². The number of methoxy groups -OCH3 is 1. The molecule has 7 nitrogen and oxygen atoms in total. The molecular formula is C18H23N3O4. The molecule has 0 fully saturated rings. The molecule has 0 saturated carbocycles. The first-order valence-corrected chi connectivity index (χ1v) is 8.11. The summed E-state index contributed by atoms with van der Waals surface area (Å²) in [6, 6.07) is 8.87. The zero-order valence-corrected chi connectivity index (χ0v) is 14.6. The number of benzene rings is 1. The number of aliphatic carboxylic acids is 1. The van der Waals surface area contributed by atoms with Gasteiger partial charge in [0.25, 0.3) is 5.91 Å². The van der Waals surface area contributed by atoms with Gasteiger partial charge in [-0.25, -0.2) is 4.68 Å². The summed E-state index contributed by atoms with van der Waals surface area (Å²) in [6.07, 6.45) is 2.19. The third kappa shape index (κ3) is 5.07. The van der Waals surface area contributed by atoms with Gasteiger partial charge >= 0.3 is 5.97 Å². The number of amides is 1. The quantitative estimate of drug-likeness (QED) is 0.766. The van der Waals surface area contributed by atoms with Crippen molar-refractivity contribution in [3.8, 4) is 11.4 Å². The summed E-state index contributed by atoms with van der Waals surface area (Å²) in [5, 5.41) is 16.1. The number of carbonyl (C=O) groups is 2. The fourth-order valence-electron chi connectivity index (χ4n) is 2.47. The van der Waals surface area contributed by atoms with Crippen LogP contribution in [0.1, 0.15) is 30.8 Å². The zero-order valence-electron chi connectivity index (χ0n) is 14.6. The van der Waals surface area contributed by atoms with E-state index in [-0.39, 0.29) is 24.1 Å². The third-order valence-corrected chi connectivity index (χ3v) is 3.77. The summed E-state index contributed by atoms with van der Waals surface area (Å²) in [7, 11) is 1.59. The Bertz CT molecular complexity index is 722. The lowest BCUT2D eigenvalue weighted by atomic mass is 9.97. The third-order valence-electron chi connectivity index (χ3n) is 3.77. The van der Waals surface area contributed by atoms with Crippen molar-refractivity contribution >= 4 is 11.9 Å². The number of carbonyl (C=O) groups excluding carboxylic acids is 1. The molecule has 0 aliphatic rings. The Kier molecular flexibility index (Phi) is 6.16. The van der Waals surface area contributed by atoms with E-state index >= 15 is 0 Å². The first kappa shape index (κ1) is 18.5. The Labute approximate surface area is 146 Å². The molecule has 1 amide bonds. The highest BCUT2D eigenvalue weighted by Gasteiger charge is 2.20. The molecule has 0 aliphatic heterocycles. The average molecular weight is 345 g/mol. The molecule has 0 aliphatic carbocycles. The van der Waals surface area contributed by atoms with Gasteiger partial charge < -0.3 is 15.2 Å². The van der Waals surface area contributed by atoms with Crippen molar-refractivity contribution in [2.24, 2.45) is 11.8 Å². The van der Waals surface area contributed by atoms with E-state index in [1.54, 1.807) is 36.2 Å². The van der Waals surface area contributed by atoms with Gasteiger partial charge in [0.1, 0.15) is 5.75 Å². The molecule has 25 heavy (non-hydrogen) atoms. The van der Waals surface area contributed by atoms with Crippen molar-refractivity contribution in [2.75, 3.05) is 13.7 Å². The SMILES string of the molecule is COc1ccc(-n2ccc(C(=O)NCC(CC(C)C)C(=O)O)n2)cc1. The molecule has 0 spiro atoms. The highest BCUT2D eigenvalue weighted by molar-refractivity contribution is 5.92. The second kappa shape index (κ2) is 8.32. The highest BCUT2D eigenvalue weighted by atomic mass is 16.5. The Balaban J connectivity index is 2.00. The van der Waals surface area contributed by atoms with E-state index in [1.807, 2.05) is 26.0 Å². The molecule has 2 N–H and O–H groups in total. The number of carboxylic acids is 1. The number of nitrogens with zero attached hydrogens (tertiary/aromatic N) is 2. The largest absolute Gasteiger partial charge is 0.497 e. The summed E-state index contributed by atoms with van der Waals surface area (Å²) in [5.41, 5.74) is 1.03. The van der Waals surface area contributed by atoms with Crippen molar-refractivity contribution in [3.05, 3.63) is 42.2 Å². The van der Waals surface area contributed by atoms with E-state index in [0.29, 0.717) is 6.42 Å². The molecule has 0 saturated heterocycles. The molecule has 1 heterocycles. The lowest BCUT2D eigenvalue weighted by Crippen LogP contribution is -2.33. The molecule has 2 aromatic rings. The van der Waals surface area contributed by atoms with E-state index in [9.17, 15) is 14.7 Å². The molecule has 1 aromatic heterocycles. The molecule has 7 heteroatoms. The van der Waals surface area contributed by atoms with E-state index in [2.05, 4.69) is 10.4 Å². The standard InChI is InChI=1S/C18H23N3O4/c1-12(2)10-13(18(23)24)11-19-17(22)16-8-9-21(20-16)14-4-6-15(25-3)7-5-14/h4-9,12-13H,10-11H2,1-3H3,(H,19,22)(H,23,24). The number of aromatic nitrogens is 2. The Hall–Kier alpha value is -2.83. The maximum Gasteiger partial charge on any atom is 0.308 e. The van der Waals surface area contributed by atoms with Crippen molar-refractivity contribution in [3.63, 3.8) is 0 Å². The smallest absolute Gasteiger partial charge is 0.308 e. The summed E-state index contributed by atoms with van der Waals surface area (Å²) in [5.74, 6) is -0.918. The van der Waals surface area contributed by atoms with Crippen molar-refractivity contribution < 1.29 is 19.4 Å². The van der Waals surface area contributed by atoms with Gasteiger partial charge in [-0.1, -0.05) is 13.8 Å². The van der Waals surface area contributed by atoms with E-state index < -0.39 is 11.9 Å². The van der Waals surface area contributed by atoms with Crippen LogP contribution >= 0.6 is 0 Å². The van der Waals surface area contributed by atoms with Gasteiger partial charge in [0.2, 0.25) is 0 Å². The van der Waals surface area contributed by atoms with Gasteiger partial charge in [0.05, 0.1) is 18.7 Å². The Morgan fingerprint density at radius 1 is 1.24 bits per heavy atom. The molecule has 0 bridgehead atoms. The number of hydrogen-bond acceptors (Lipinski definition) is 4. The minimum atomic E-state index is -0.905. The fourth-order valence-corrected chi connectivity index (χ4v) is 2.47. The number of carboxylic acid groups (broad SMARTS) is 1. The highest BCUT2D eigenvalue weighted by Crippen LogP contribution is 2.15. The van der Waals surface area contributed by atoms with Gasteiger partial charge in [-0.3, -0.25) is 9.59 Å². The normalized spacial score (nSPS) is 12.0. The van der Waals surface area contributed by atoms with Crippen LogP contribution in [0.15, 0.2) is 36.5 Å². The second-order valence-electron chi connectivity index (χ2n) is 6.22. The molecular weight excluding hydrogens is 322 g/mol. The van der Waals surface area contributed by atoms with Crippen LogP contribution in [0.5, 0.6) is 5.75 Å². The van der Waals surface area contributed by atoms with Crippen molar-refractivity contribution in [1.29, 1.82) is 0 Å². The monoisotopic (exact) mass is 345 g/mol. The van der Waals surface area contributed by atoms with Crippen LogP contribution < -0.4 is 10.1 Å². The van der Waals surface area contributed by atoms with Crippen molar-refractivity contribution in [1.82, 2.24) is 15.1 Å². The lowest BCUT2D eigenvalue weighted by molar-refractivity contribution is -0.142. The fraction of sp³-hybridized carbons (Fsp3) is 0.389. The van der Waals surface area contributed by atoms with E-state index in [1.165, 1.54) is 0 Å². The van der Waals surface area contributed by atoms with Gasteiger partial charge in [0, 0.05) is 12.7 Å². The van der Waals surface area contributed by atoms with E-state index in [0.717, 1.165) is 11.4 Å². The van der Waals surface area contributed by atoms with Crippen molar-refractivity contribution in [2.45, 2.75) is 20.3 Å². The maximum atomic E-state index is 12.2. The predicted molar refractivity (Wildman–Crippen MR) is 93.0 cm³/mol. The summed E-state index contributed by atoms with van der Waals surface area (Å²) < 4.78 is 6.69. The minimum absolute atomic E-state index is 0.0851. The first-order chi connectivity index (χ1) is 11.9. The first-order valence-electron chi connectivity index (χ1n) is 8.11. The van der Waals surface area contributed by atoms with Gasteiger partial charge in [0.15, 0.2) is 5.69 Å². The number of hydrogen-bond donors (Lipinski definition) is 2. The topological polar surface area (TPSA) is 93.5 Å². The van der Waals surface area contributed by atoms with Crippen LogP contribution in [-0.2, 0) is 4.79 Å². The molecule has 1 unspecified atom stereocenters. The van der Waals surface area contributed by atoms with Gasteiger partial charge in [-0.05, 0) is 42.7 Å². The molecule has 134 valence electrons. The van der Waals surface area contributed by atoms with Crippen LogP contribution in [0, 0.1) is 11.8 Å². The van der Waals surface area contributed by atoms with E-state index in [4.69, 9.17) is 4.74 Å². The number of nitrogens with one attached hydrogen (secondary N) is 1. The summed E-state index contributed by atoms with van der Waals surface area (Å²) in [4.78, 5) is 23.4. The Morgan fingerprint density at radius 3 is 2.48 bits per heavy atom. The van der Waals surface area contributed by atoms with Crippen LogP contribution in [0.25, 0.3) is 5.69 Å². The lowest BCUT2D eigenvalue weighted by Gasteiger charge is -2.14. The molecule has 1 aromatic carbocycles. The van der Waals surface area contributed by atoms with Crippen LogP contribution in [0.3, 0.4) is 0 Å². The molecule has 0 radical (unpaired) electrons. The van der Waals surface area contributed by atoms with Crippen LogP contribution in [0.2, 0.25) is 0 Å². The second-order valence-corrected chi connectivity index (χ2v) is 6.22. The molecule has 2 rings (SSSR count). The Morgan fingerprint density at radius 2 is 1.92 bits per heavy atom. The average Bonchev–Trinajstić information content (AvgIpc) is 3.08. The van der Waals surface area contributed by atoms with Crippen LogP contribution in [-0.4, -0.2) is 40.4 Å². The number of ether oxygens (including phenoxy) is 1. The zero-order chi connectivity index (χ0) is 18.4. The summed E-state index contributed by atoms with van der Waals surface area (Å²) in [6.45, 7) is 3.99. The minimum Gasteiger partial charge on any atom is -0.497 e. The summed E-state index contributed by atoms with van der Waals surface area (Å²) >= 11 is 0. The maximum absolute atomic E-state index is 12.2. The van der Waals surface area contributed by atoms with Crippen LogP contribution in [0.4, 0.5) is 0 Å². The predicted octanol–water partition coefficient (Wildman–Crippen LogP) is 2.36. The van der Waals surface area contributed by atoms with Gasteiger partial charge in [-0.2, -0.15) is 5.10 Å².